The Kier molecular flexibility index (Phi) is 8.72. The van der Waals surface area contributed by atoms with E-state index in [1.54, 1.807) is 12.1 Å². The maximum Gasteiger partial charge on any atom is 0.223 e. The maximum atomic E-state index is 12.8. The first-order valence-corrected chi connectivity index (χ1v) is 9.37. The summed E-state index contributed by atoms with van der Waals surface area (Å²) in [6.07, 6.45) is 3.82. The highest BCUT2D eigenvalue weighted by atomic mass is 19.1. The fourth-order valence-corrected chi connectivity index (χ4v) is 2.32. The Morgan fingerprint density at radius 2 is 1.88 bits per heavy atom. The number of aliphatic imine (C=N–C) groups is 1. The number of guanidine groups is 1. The van der Waals surface area contributed by atoms with Crippen molar-refractivity contribution < 1.29 is 13.9 Å². The van der Waals surface area contributed by atoms with Crippen molar-refractivity contribution in [3.8, 4) is 5.75 Å². The molecule has 26 heavy (non-hydrogen) atoms. The SMILES string of the molecule is CCNC(=NCCCCOc1ccc(F)cc1)NCCNC(=O)C1CC1. The molecule has 0 atom stereocenters. The lowest BCUT2D eigenvalue weighted by molar-refractivity contribution is -0.122. The van der Waals surface area contributed by atoms with Crippen LogP contribution in [0.1, 0.15) is 32.6 Å². The van der Waals surface area contributed by atoms with Crippen LogP contribution in [-0.2, 0) is 4.79 Å². The van der Waals surface area contributed by atoms with Gasteiger partial charge in [0, 0.05) is 32.1 Å². The van der Waals surface area contributed by atoms with Gasteiger partial charge in [-0.1, -0.05) is 0 Å². The molecule has 0 aromatic heterocycles. The zero-order valence-corrected chi connectivity index (χ0v) is 15.4. The molecule has 0 aliphatic heterocycles. The number of carbonyl (C=O) groups excluding carboxylic acids is 1. The van der Waals surface area contributed by atoms with Crippen LogP contribution in [0.5, 0.6) is 5.75 Å². The van der Waals surface area contributed by atoms with Gasteiger partial charge >= 0.3 is 0 Å². The van der Waals surface area contributed by atoms with Gasteiger partial charge in [0.05, 0.1) is 6.61 Å². The number of nitrogens with zero attached hydrogens (tertiary/aromatic N) is 1. The molecular weight excluding hydrogens is 335 g/mol. The van der Waals surface area contributed by atoms with Crippen molar-refractivity contribution in [3.05, 3.63) is 30.1 Å². The molecule has 1 amide bonds. The smallest absolute Gasteiger partial charge is 0.223 e. The Morgan fingerprint density at radius 1 is 1.15 bits per heavy atom. The van der Waals surface area contributed by atoms with Crippen molar-refractivity contribution in [3.63, 3.8) is 0 Å². The third kappa shape index (κ3) is 8.18. The largest absolute Gasteiger partial charge is 0.494 e. The summed E-state index contributed by atoms with van der Waals surface area (Å²) < 4.78 is 18.4. The number of halogens is 1. The monoisotopic (exact) mass is 364 g/mol. The lowest BCUT2D eigenvalue weighted by Crippen LogP contribution is -2.41. The van der Waals surface area contributed by atoms with Crippen LogP contribution in [0.2, 0.25) is 0 Å². The average Bonchev–Trinajstić information content (AvgIpc) is 3.48. The molecule has 1 saturated carbocycles. The maximum absolute atomic E-state index is 12.8. The van der Waals surface area contributed by atoms with Gasteiger partial charge in [-0.05, 0) is 56.9 Å². The van der Waals surface area contributed by atoms with Crippen LogP contribution in [-0.4, -0.2) is 44.7 Å². The summed E-state index contributed by atoms with van der Waals surface area (Å²) in [4.78, 5) is 16.1. The van der Waals surface area contributed by atoms with Crippen molar-refractivity contribution in [2.75, 3.05) is 32.8 Å². The van der Waals surface area contributed by atoms with E-state index in [9.17, 15) is 9.18 Å². The summed E-state index contributed by atoms with van der Waals surface area (Å²) in [6.45, 7) is 5.33. The fraction of sp³-hybridized carbons (Fsp3) is 0.579. The Bertz CT molecular complexity index is 573. The Labute approximate surface area is 154 Å². The van der Waals surface area contributed by atoms with E-state index in [1.807, 2.05) is 6.92 Å². The highest BCUT2D eigenvalue weighted by molar-refractivity contribution is 5.81. The number of benzene rings is 1. The molecule has 0 radical (unpaired) electrons. The van der Waals surface area contributed by atoms with Crippen LogP contribution in [0.25, 0.3) is 0 Å². The van der Waals surface area contributed by atoms with Gasteiger partial charge in [0.1, 0.15) is 11.6 Å². The zero-order chi connectivity index (χ0) is 18.6. The predicted octanol–water partition coefficient (Wildman–Crippen LogP) is 2.07. The van der Waals surface area contributed by atoms with Crippen LogP contribution >= 0.6 is 0 Å². The van der Waals surface area contributed by atoms with Crippen LogP contribution in [0.15, 0.2) is 29.3 Å². The van der Waals surface area contributed by atoms with Gasteiger partial charge in [0.25, 0.3) is 0 Å². The van der Waals surface area contributed by atoms with E-state index in [2.05, 4.69) is 20.9 Å². The summed E-state index contributed by atoms with van der Waals surface area (Å²) >= 11 is 0. The first-order valence-electron chi connectivity index (χ1n) is 9.37. The first kappa shape index (κ1) is 20.0. The number of amides is 1. The molecule has 0 unspecified atom stereocenters. The summed E-state index contributed by atoms with van der Waals surface area (Å²) in [5.74, 6) is 1.58. The number of hydrogen-bond acceptors (Lipinski definition) is 3. The van der Waals surface area contributed by atoms with Crippen molar-refractivity contribution in [1.29, 1.82) is 0 Å². The molecule has 0 spiro atoms. The molecule has 1 aliphatic rings. The number of ether oxygens (including phenoxy) is 1. The molecule has 1 fully saturated rings. The van der Waals surface area contributed by atoms with Crippen molar-refractivity contribution in [2.24, 2.45) is 10.9 Å². The van der Waals surface area contributed by atoms with E-state index in [-0.39, 0.29) is 17.6 Å². The summed E-state index contributed by atoms with van der Waals surface area (Å²) in [6, 6.07) is 6.04. The molecule has 1 aliphatic carbocycles. The molecule has 144 valence electrons. The topological polar surface area (TPSA) is 74.8 Å². The first-order chi connectivity index (χ1) is 12.7. The van der Waals surface area contributed by atoms with E-state index >= 15 is 0 Å². The second-order valence-electron chi connectivity index (χ2n) is 6.26. The number of carbonyl (C=O) groups is 1. The lowest BCUT2D eigenvalue weighted by Gasteiger charge is -2.12. The van der Waals surface area contributed by atoms with Crippen LogP contribution in [0.4, 0.5) is 4.39 Å². The summed E-state index contributed by atoms with van der Waals surface area (Å²) in [5.41, 5.74) is 0. The number of nitrogens with one attached hydrogen (secondary N) is 3. The minimum atomic E-state index is -0.262. The van der Waals surface area contributed by atoms with Crippen molar-refractivity contribution in [2.45, 2.75) is 32.6 Å². The Hall–Kier alpha value is -2.31. The third-order valence-electron chi connectivity index (χ3n) is 3.91. The van der Waals surface area contributed by atoms with E-state index in [1.165, 1.54) is 12.1 Å². The van der Waals surface area contributed by atoms with Gasteiger partial charge in [-0.15, -0.1) is 0 Å². The number of hydrogen-bond donors (Lipinski definition) is 3. The molecule has 7 heteroatoms. The molecule has 2 rings (SSSR count). The molecule has 0 bridgehead atoms. The van der Waals surface area contributed by atoms with Gasteiger partial charge in [-0.3, -0.25) is 9.79 Å². The molecule has 6 nitrogen and oxygen atoms in total. The molecule has 0 saturated heterocycles. The lowest BCUT2D eigenvalue weighted by atomic mass is 10.3. The second-order valence-corrected chi connectivity index (χ2v) is 6.26. The second kappa shape index (κ2) is 11.3. The molecule has 1 aromatic carbocycles. The highest BCUT2D eigenvalue weighted by Crippen LogP contribution is 2.28. The predicted molar refractivity (Wildman–Crippen MR) is 101 cm³/mol. The third-order valence-corrected chi connectivity index (χ3v) is 3.91. The van der Waals surface area contributed by atoms with E-state index in [0.29, 0.717) is 32.0 Å². The quantitative estimate of drug-likeness (QED) is 0.319. The normalized spacial score (nSPS) is 14.0. The zero-order valence-electron chi connectivity index (χ0n) is 15.4. The summed E-state index contributed by atoms with van der Waals surface area (Å²) in [5, 5.41) is 9.32. The van der Waals surface area contributed by atoms with Crippen LogP contribution < -0.4 is 20.7 Å². The average molecular weight is 364 g/mol. The Morgan fingerprint density at radius 3 is 2.58 bits per heavy atom. The van der Waals surface area contributed by atoms with Gasteiger partial charge in [-0.2, -0.15) is 0 Å². The van der Waals surface area contributed by atoms with Crippen molar-refractivity contribution >= 4 is 11.9 Å². The number of unbranched alkanes of at least 4 members (excludes halogenated alkanes) is 1. The molecule has 1 aromatic rings. The molecule has 3 N–H and O–H groups in total. The standard InChI is InChI=1S/C19H29FN4O2/c1-2-21-19(24-13-12-22-18(25)15-5-6-15)23-11-3-4-14-26-17-9-7-16(20)8-10-17/h7-10,15H,2-6,11-14H2,1H3,(H,22,25)(H2,21,23,24). The van der Waals surface area contributed by atoms with Gasteiger partial charge in [-0.25, -0.2) is 4.39 Å². The van der Waals surface area contributed by atoms with E-state index in [0.717, 1.165) is 38.2 Å². The van der Waals surface area contributed by atoms with E-state index in [4.69, 9.17) is 4.74 Å². The highest BCUT2D eigenvalue weighted by Gasteiger charge is 2.28. The van der Waals surface area contributed by atoms with Crippen LogP contribution in [0.3, 0.4) is 0 Å². The minimum Gasteiger partial charge on any atom is -0.494 e. The fourth-order valence-electron chi connectivity index (χ4n) is 2.32. The van der Waals surface area contributed by atoms with E-state index < -0.39 is 0 Å². The van der Waals surface area contributed by atoms with Gasteiger partial charge in [0.15, 0.2) is 5.96 Å². The van der Waals surface area contributed by atoms with Gasteiger partial charge in [0.2, 0.25) is 5.91 Å². The molecular formula is C19H29FN4O2. The number of rotatable bonds is 11. The van der Waals surface area contributed by atoms with Crippen molar-refractivity contribution in [1.82, 2.24) is 16.0 Å². The van der Waals surface area contributed by atoms with Crippen LogP contribution in [0, 0.1) is 11.7 Å². The molecule has 0 heterocycles. The Balaban J connectivity index is 1.55. The van der Waals surface area contributed by atoms with Gasteiger partial charge < -0.3 is 20.7 Å². The summed E-state index contributed by atoms with van der Waals surface area (Å²) in [7, 11) is 0. The minimum absolute atomic E-state index is 0.162.